The summed E-state index contributed by atoms with van der Waals surface area (Å²) in [5.41, 5.74) is 0. The third-order valence-electron chi connectivity index (χ3n) is 1.63. The molecule has 10 heavy (non-hydrogen) atoms. The maximum Gasteiger partial charge on any atom is 0.220 e. The molecular formula is C7H13N2O. The molecule has 3 heteroatoms. The number of hydrogen-bond acceptors (Lipinski definition) is 1. The second-order valence-corrected chi connectivity index (χ2v) is 2.49. The van der Waals surface area contributed by atoms with Gasteiger partial charge in [0.15, 0.2) is 0 Å². The van der Waals surface area contributed by atoms with E-state index in [-0.39, 0.29) is 12.1 Å². The maximum absolute atomic E-state index is 10.8. The molecule has 1 fully saturated rings. The van der Waals surface area contributed by atoms with E-state index in [1.54, 1.807) is 0 Å². The first-order valence-corrected chi connectivity index (χ1v) is 3.79. The number of nitrogens with one attached hydrogen (secondary N) is 1. The van der Waals surface area contributed by atoms with Crippen LogP contribution in [0.3, 0.4) is 0 Å². The van der Waals surface area contributed by atoms with E-state index in [4.69, 9.17) is 0 Å². The second-order valence-electron chi connectivity index (χ2n) is 2.49. The summed E-state index contributed by atoms with van der Waals surface area (Å²) in [7, 11) is 0. The molecule has 3 nitrogen and oxygen atoms in total. The van der Waals surface area contributed by atoms with Gasteiger partial charge in [-0.25, -0.2) is 5.32 Å². The van der Waals surface area contributed by atoms with Crippen molar-refractivity contribution in [1.29, 1.82) is 0 Å². The molecule has 0 aromatic heterocycles. The highest BCUT2D eigenvalue weighted by Crippen LogP contribution is 2.03. The first-order chi connectivity index (χ1) is 4.83. The molecule has 0 aromatic rings. The fourth-order valence-electron chi connectivity index (χ4n) is 1.03. The normalized spacial score (nSPS) is 24.7. The lowest BCUT2D eigenvalue weighted by atomic mass is 10.3. The molecule has 0 spiro atoms. The highest BCUT2D eigenvalue weighted by atomic mass is 16.1. The zero-order valence-electron chi connectivity index (χ0n) is 6.26. The lowest BCUT2D eigenvalue weighted by Gasteiger charge is -2.09. The lowest BCUT2D eigenvalue weighted by molar-refractivity contribution is -0.121. The molecule has 1 saturated heterocycles. The number of nitrogens with zero attached hydrogens (tertiary/aromatic N) is 1. The molecule has 0 aliphatic carbocycles. The summed E-state index contributed by atoms with van der Waals surface area (Å²) < 4.78 is 0. The van der Waals surface area contributed by atoms with Crippen LogP contribution in [0, 0.1) is 0 Å². The molecule has 1 rings (SSSR count). The lowest BCUT2D eigenvalue weighted by Crippen LogP contribution is -2.37. The van der Waals surface area contributed by atoms with Crippen LogP contribution in [0.15, 0.2) is 0 Å². The van der Waals surface area contributed by atoms with Crippen molar-refractivity contribution >= 4 is 5.91 Å². The van der Waals surface area contributed by atoms with E-state index < -0.39 is 0 Å². The van der Waals surface area contributed by atoms with E-state index in [9.17, 15) is 4.79 Å². The van der Waals surface area contributed by atoms with Crippen LogP contribution >= 0.6 is 0 Å². The summed E-state index contributed by atoms with van der Waals surface area (Å²) in [5.74, 6) is 0.107. The van der Waals surface area contributed by atoms with Crippen molar-refractivity contribution in [2.24, 2.45) is 0 Å². The Morgan fingerprint density at radius 2 is 2.60 bits per heavy atom. The van der Waals surface area contributed by atoms with E-state index >= 15 is 0 Å². The Bertz CT molecular complexity index is 119. The van der Waals surface area contributed by atoms with E-state index in [1.165, 1.54) is 0 Å². The van der Waals surface area contributed by atoms with Crippen LogP contribution in [0.1, 0.15) is 26.2 Å². The van der Waals surface area contributed by atoms with E-state index in [0.717, 1.165) is 19.4 Å². The minimum absolute atomic E-state index is 0.107. The molecule has 0 saturated carbocycles. The smallest absolute Gasteiger partial charge is 0.220 e. The number of carbonyl (C=O) groups excluding carboxylic acids is 1. The van der Waals surface area contributed by atoms with Gasteiger partial charge in [0.05, 0.1) is 6.17 Å². The third kappa shape index (κ3) is 1.99. The molecule has 0 bridgehead atoms. The van der Waals surface area contributed by atoms with Crippen LogP contribution in [0.2, 0.25) is 0 Å². The molecular weight excluding hydrogens is 128 g/mol. The van der Waals surface area contributed by atoms with Gasteiger partial charge in [0.25, 0.3) is 0 Å². The number of rotatable bonds is 2. The molecule has 1 atom stereocenters. The minimum atomic E-state index is 0.107. The van der Waals surface area contributed by atoms with Gasteiger partial charge in [0.2, 0.25) is 5.91 Å². The van der Waals surface area contributed by atoms with Crippen molar-refractivity contribution in [3.63, 3.8) is 0 Å². The Kier molecular flexibility index (Phi) is 2.68. The first kappa shape index (κ1) is 7.54. The fourth-order valence-corrected chi connectivity index (χ4v) is 1.03. The molecule has 1 aliphatic heterocycles. The van der Waals surface area contributed by atoms with Crippen molar-refractivity contribution in [3.05, 3.63) is 0 Å². The predicted octanol–water partition coefficient (Wildman–Crippen LogP) is 0.237. The van der Waals surface area contributed by atoms with Gasteiger partial charge in [0.1, 0.15) is 0 Å². The minimum Gasteiger partial charge on any atom is -0.339 e. The summed E-state index contributed by atoms with van der Waals surface area (Å²) in [6, 6.07) is 0. The van der Waals surface area contributed by atoms with Gasteiger partial charge >= 0.3 is 0 Å². The van der Waals surface area contributed by atoms with Crippen LogP contribution in [0.4, 0.5) is 0 Å². The van der Waals surface area contributed by atoms with Gasteiger partial charge in [-0.05, 0) is 12.8 Å². The van der Waals surface area contributed by atoms with Crippen molar-refractivity contribution < 1.29 is 4.79 Å². The van der Waals surface area contributed by atoms with E-state index in [1.807, 2.05) is 6.92 Å². The number of amides is 1. The van der Waals surface area contributed by atoms with Gasteiger partial charge in [-0.2, -0.15) is 0 Å². The monoisotopic (exact) mass is 141 g/mol. The van der Waals surface area contributed by atoms with Crippen molar-refractivity contribution in [1.82, 2.24) is 10.6 Å². The van der Waals surface area contributed by atoms with Crippen LogP contribution in [0.25, 0.3) is 0 Å². The van der Waals surface area contributed by atoms with Gasteiger partial charge < -0.3 is 5.32 Å². The highest BCUT2D eigenvalue weighted by molar-refractivity contribution is 5.75. The number of carbonyl (C=O) groups is 1. The first-order valence-electron chi connectivity index (χ1n) is 3.79. The average molecular weight is 141 g/mol. The van der Waals surface area contributed by atoms with Gasteiger partial charge in [-0.3, -0.25) is 4.79 Å². The summed E-state index contributed by atoms with van der Waals surface area (Å²) in [4.78, 5) is 10.8. The summed E-state index contributed by atoms with van der Waals surface area (Å²) in [5, 5.41) is 7.01. The Morgan fingerprint density at radius 1 is 1.80 bits per heavy atom. The molecule has 57 valence electrons. The largest absolute Gasteiger partial charge is 0.339 e. The SMILES string of the molecule is CCC(=O)NC1CCC[N]1. The van der Waals surface area contributed by atoms with Crippen LogP contribution in [-0.2, 0) is 4.79 Å². The Hall–Kier alpha value is -0.570. The molecule has 1 radical (unpaired) electrons. The van der Waals surface area contributed by atoms with Gasteiger partial charge in [0, 0.05) is 13.0 Å². The number of hydrogen-bond donors (Lipinski definition) is 1. The molecule has 1 aliphatic rings. The maximum atomic E-state index is 10.8. The zero-order chi connectivity index (χ0) is 7.40. The van der Waals surface area contributed by atoms with Crippen LogP contribution < -0.4 is 10.6 Å². The van der Waals surface area contributed by atoms with Crippen molar-refractivity contribution in [2.45, 2.75) is 32.4 Å². The molecule has 1 amide bonds. The molecule has 1 N–H and O–H groups in total. The van der Waals surface area contributed by atoms with Crippen LogP contribution in [0.5, 0.6) is 0 Å². The second kappa shape index (κ2) is 3.56. The zero-order valence-corrected chi connectivity index (χ0v) is 6.26. The van der Waals surface area contributed by atoms with E-state index in [0.29, 0.717) is 6.42 Å². The molecule has 0 aromatic carbocycles. The molecule has 1 unspecified atom stereocenters. The van der Waals surface area contributed by atoms with Crippen molar-refractivity contribution in [2.75, 3.05) is 6.54 Å². The highest BCUT2D eigenvalue weighted by Gasteiger charge is 2.15. The van der Waals surface area contributed by atoms with Crippen molar-refractivity contribution in [3.8, 4) is 0 Å². The van der Waals surface area contributed by atoms with E-state index in [2.05, 4.69) is 10.6 Å². The Labute approximate surface area is 61.2 Å². The molecule has 1 heterocycles. The topological polar surface area (TPSA) is 43.2 Å². The summed E-state index contributed by atoms with van der Waals surface area (Å²) in [6.07, 6.45) is 2.82. The Morgan fingerprint density at radius 3 is 3.10 bits per heavy atom. The standard InChI is InChI=1S/C7H13N2O/c1-2-7(10)9-6-4-3-5-8-6/h6H,2-5H2,1H3,(H,9,10). The predicted molar refractivity (Wildman–Crippen MR) is 38.5 cm³/mol. The van der Waals surface area contributed by atoms with Crippen LogP contribution in [-0.4, -0.2) is 18.6 Å². The third-order valence-corrected chi connectivity index (χ3v) is 1.63. The summed E-state index contributed by atoms with van der Waals surface area (Å²) >= 11 is 0. The Balaban J connectivity index is 2.17. The summed E-state index contributed by atoms with van der Waals surface area (Å²) in [6.45, 7) is 2.76. The average Bonchev–Trinajstić information content (AvgIpc) is 2.40. The van der Waals surface area contributed by atoms with Gasteiger partial charge in [-0.1, -0.05) is 6.92 Å². The fraction of sp³-hybridized carbons (Fsp3) is 0.857. The quantitative estimate of drug-likeness (QED) is 0.588. The van der Waals surface area contributed by atoms with Gasteiger partial charge in [-0.15, -0.1) is 0 Å².